The van der Waals surface area contributed by atoms with Gasteiger partial charge in [-0.1, -0.05) is 0 Å². The maximum atomic E-state index is 12.6. The summed E-state index contributed by atoms with van der Waals surface area (Å²) >= 11 is 0. The van der Waals surface area contributed by atoms with Crippen LogP contribution in [0.25, 0.3) is 0 Å². The van der Waals surface area contributed by atoms with Crippen molar-refractivity contribution in [2.24, 2.45) is 0 Å². The van der Waals surface area contributed by atoms with Crippen LogP contribution in [0.2, 0.25) is 0 Å². The zero-order valence-corrected chi connectivity index (χ0v) is 16.2. The van der Waals surface area contributed by atoms with Crippen molar-refractivity contribution in [2.45, 2.75) is 76.5 Å². The monoisotopic (exact) mass is 381 g/mol. The van der Waals surface area contributed by atoms with Crippen molar-refractivity contribution in [2.75, 3.05) is 11.9 Å². The summed E-state index contributed by atoms with van der Waals surface area (Å²) in [6, 6.07) is 2.41. The Bertz CT molecular complexity index is 917. The lowest BCUT2D eigenvalue weighted by Gasteiger charge is -2.31. The summed E-state index contributed by atoms with van der Waals surface area (Å²) in [6.07, 6.45) is 10.8. The number of nitrogens with one attached hydrogen (secondary N) is 1. The van der Waals surface area contributed by atoms with Crippen molar-refractivity contribution < 1.29 is 4.74 Å². The summed E-state index contributed by atoms with van der Waals surface area (Å²) in [5, 5.41) is 8.36. The molecule has 5 rings (SSSR count). The standard InChI is InChI=1S/C21H27N5O2/c27-20-11-14-3-1-2-4-18(14)25-26(20)16-7-5-15(6-8-16)24-21-17-12-28-10-9-19(17)22-13-23-21/h11,13,15-16H,1-10,12H2,(H,22,23,24). The first-order valence-electron chi connectivity index (χ1n) is 10.6. The van der Waals surface area contributed by atoms with Gasteiger partial charge in [-0.2, -0.15) is 5.10 Å². The van der Waals surface area contributed by atoms with Gasteiger partial charge >= 0.3 is 0 Å². The largest absolute Gasteiger partial charge is 0.376 e. The second-order valence-corrected chi connectivity index (χ2v) is 8.21. The van der Waals surface area contributed by atoms with E-state index in [1.807, 2.05) is 6.07 Å². The Morgan fingerprint density at radius 1 is 1.04 bits per heavy atom. The molecule has 0 unspecified atom stereocenters. The molecule has 3 aliphatic rings. The average Bonchev–Trinajstić information content (AvgIpc) is 2.74. The smallest absolute Gasteiger partial charge is 0.267 e. The van der Waals surface area contributed by atoms with Gasteiger partial charge in [0.25, 0.3) is 5.56 Å². The van der Waals surface area contributed by atoms with E-state index in [0.717, 1.165) is 74.3 Å². The van der Waals surface area contributed by atoms with Gasteiger partial charge in [0.2, 0.25) is 0 Å². The Kier molecular flexibility index (Phi) is 4.84. The molecule has 2 aliphatic carbocycles. The van der Waals surface area contributed by atoms with E-state index in [9.17, 15) is 4.79 Å². The fraction of sp³-hybridized carbons (Fsp3) is 0.619. The van der Waals surface area contributed by atoms with Gasteiger partial charge in [-0.3, -0.25) is 4.79 Å². The maximum absolute atomic E-state index is 12.6. The Hall–Kier alpha value is -2.28. The number of anilines is 1. The molecule has 0 saturated heterocycles. The molecular formula is C21H27N5O2. The summed E-state index contributed by atoms with van der Waals surface area (Å²) < 4.78 is 7.36. The molecule has 0 aromatic carbocycles. The molecule has 0 atom stereocenters. The molecule has 28 heavy (non-hydrogen) atoms. The molecule has 1 aliphatic heterocycles. The highest BCUT2D eigenvalue weighted by atomic mass is 16.5. The molecule has 1 fully saturated rings. The van der Waals surface area contributed by atoms with E-state index >= 15 is 0 Å². The zero-order chi connectivity index (χ0) is 18.9. The highest BCUT2D eigenvalue weighted by molar-refractivity contribution is 5.47. The minimum atomic E-state index is 0.0686. The lowest BCUT2D eigenvalue weighted by atomic mass is 9.90. The topological polar surface area (TPSA) is 81.9 Å². The second-order valence-electron chi connectivity index (χ2n) is 8.21. The molecule has 0 spiro atoms. The highest BCUT2D eigenvalue weighted by Gasteiger charge is 2.26. The van der Waals surface area contributed by atoms with Gasteiger partial charge in [0.15, 0.2) is 0 Å². The summed E-state index contributed by atoms with van der Waals surface area (Å²) in [5.74, 6) is 0.914. The normalized spacial score (nSPS) is 24.3. The van der Waals surface area contributed by atoms with E-state index in [2.05, 4.69) is 15.3 Å². The molecule has 2 aromatic rings. The number of aryl methyl sites for hydroxylation is 2. The molecule has 0 amide bonds. The molecule has 148 valence electrons. The molecule has 7 nitrogen and oxygen atoms in total. The van der Waals surface area contributed by atoms with Crippen LogP contribution in [0.3, 0.4) is 0 Å². The number of aromatic nitrogens is 4. The van der Waals surface area contributed by atoms with Crippen LogP contribution in [0.4, 0.5) is 5.82 Å². The van der Waals surface area contributed by atoms with Crippen LogP contribution in [0.5, 0.6) is 0 Å². The summed E-state index contributed by atoms with van der Waals surface area (Å²) in [6.45, 7) is 1.32. The van der Waals surface area contributed by atoms with E-state index < -0.39 is 0 Å². The van der Waals surface area contributed by atoms with Crippen molar-refractivity contribution in [3.05, 3.63) is 45.3 Å². The number of rotatable bonds is 3. The minimum Gasteiger partial charge on any atom is -0.376 e. The summed E-state index contributed by atoms with van der Waals surface area (Å²) in [5.41, 5.74) is 4.57. The van der Waals surface area contributed by atoms with Gasteiger partial charge in [0.05, 0.1) is 30.6 Å². The first kappa shape index (κ1) is 17.8. The van der Waals surface area contributed by atoms with Crippen molar-refractivity contribution in [1.29, 1.82) is 0 Å². The molecule has 1 saturated carbocycles. The quantitative estimate of drug-likeness (QED) is 0.880. The molecule has 3 heterocycles. The number of ether oxygens (including phenoxy) is 1. The van der Waals surface area contributed by atoms with Gasteiger partial charge in [-0.05, 0) is 56.9 Å². The van der Waals surface area contributed by atoms with Crippen LogP contribution >= 0.6 is 0 Å². The van der Waals surface area contributed by atoms with Gasteiger partial charge in [-0.15, -0.1) is 0 Å². The van der Waals surface area contributed by atoms with E-state index in [4.69, 9.17) is 9.84 Å². The molecule has 0 bridgehead atoms. The number of fused-ring (bicyclic) bond motifs is 2. The van der Waals surface area contributed by atoms with Gasteiger partial charge in [0, 0.05) is 24.1 Å². The van der Waals surface area contributed by atoms with Gasteiger partial charge in [-0.25, -0.2) is 14.6 Å². The Morgan fingerprint density at radius 3 is 2.79 bits per heavy atom. The Labute approximate surface area is 164 Å². The fourth-order valence-electron chi connectivity index (χ4n) is 4.78. The predicted molar refractivity (Wildman–Crippen MR) is 105 cm³/mol. The predicted octanol–water partition coefficient (Wildman–Crippen LogP) is 2.58. The van der Waals surface area contributed by atoms with Crippen molar-refractivity contribution in [1.82, 2.24) is 19.7 Å². The molecule has 1 N–H and O–H groups in total. The minimum absolute atomic E-state index is 0.0686. The molecular weight excluding hydrogens is 354 g/mol. The number of hydrogen-bond acceptors (Lipinski definition) is 6. The summed E-state index contributed by atoms with van der Waals surface area (Å²) in [4.78, 5) is 21.4. The van der Waals surface area contributed by atoms with Crippen LogP contribution < -0.4 is 10.9 Å². The molecule has 0 radical (unpaired) electrons. The lowest BCUT2D eigenvalue weighted by molar-refractivity contribution is 0.109. The number of hydrogen-bond donors (Lipinski definition) is 1. The fourth-order valence-corrected chi connectivity index (χ4v) is 4.78. The maximum Gasteiger partial charge on any atom is 0.267 e. The third kappa shape index (κ3) is 3.43. The third-order valence-electron chi connectivity index (χ3n) is 6.38. The average molecular weight is 381 g/mol. The molecule has 7 heteroatoms. The summed E-state index contributed by atoms with van der Waals surface area (Å²) in [7, 11) is 0. The van der Waals surface area contributed by atoms with Gasteiger partial charge in [0.1, 0.15) is 12.1 Å². The van der Waals surface area contributed by atoms with E-state index in [-0.39, 0.29) is 11.6 Å². The Morgan fingerprint density at radius 2 is 1.89 bits per heavy atom. The third-order valence-corrected chi connectivity index (χ3v) is 6.38. The van der Waals surface area contributed by atoms with E-state index in [0.29, 0.717) is 12.6 Å². The van der Waals surface area contributed by atoms with Crippen LogP contribution in [0.1, 0.15) is 67.1 Å². The highest BCUT2D eigenvalue weighted by Crippen LogP contribution is 2.31. The molecule has 2 aromatic heterocycles. The SMILES string of the molecule is O=c1cc2c(nn1C1CCC(Nc3ncnc4c3COCC4)CC1)CCCC2. The lowest BCUT2D eigenvalue weighted by Crippen LogP contribution is -2.35. The van der Waals surface area contributed by atoms with Crippen LogP contribution in [0, 0.1) is 0 Å². The van der Waals surface area contributed by atoms with Crippen LogP contribution in [-0.4, -0.2) is 32.4 Å². The van der Waals surface area contributed by atoms with Crippen molar-refractivity contribution >= 4 is 5.82 Å². The van der Waals surface area contributed by atoms with Crippen LogP contribution in [-0.2, 0) is 30.6 Å². The Balaban J connectivity index is 1.27. The first-order valence-corrected chi connectivity index (χ1v) is 10.6. The number of nitrogens with zero attached hydrogens (tertiary/aromatic N) is 4. The zero-order valence-electron chi connectivity index (χ0n) is 16.2. The van der Waals surface area contributed by atoms with Crippen LogP contribution in [0.15, 0.2) is 17.2 Å². The second kappa shape index (κ2) is 7.62. The van der Waals surface area contributed by atoms with E-state index in [1.165, 1.54) is 18.4 Å². The van der Waals surface area contributed by atoms with E-state index in [1.54, 1.807) is 11.0 Å². The van der Waals surface area contributed by atoms with Crippen molar-refractivity contribution in [3.63, 3.8) is 0 Å². The van der Waals surface area contributed by atoms with Crippen molar-refractivity contribution in [3.8, 4) is 0 Å². The van der Waals surface area contributed by atoms with Gasteiger partial charge < -0.3 is 10.1 Å². The first-order chi connectivity index (χ1) is 13.8.